The van der Waals surface area contributed by atoms with Crippen molar-refractivity contribution in [1.82, 2.24) is 30.3 Å². The summed E-state index contributed by atoms with van der Waals surface area (Å²) in [6, 6.07) is 9.86. The molecule has 4 amide bonds. The van der Waals surface area contributed by atoms with Crippen LogP contribution in [0.4, 0.5) is 0 Å². The Morgan fingerprint density at radius 3 is 2.46 bits per heavy atom. The summed E-state index contributed by atoms with van der Waals surface area (Å²) in [7, 11) is 2.14. The molecule has 3 fully saturated rings. The fraction of sp³-hybridized carbons (Fsp3) is 0.649. The molecule has 6 heterocycles. The Kier molecular flexibility index (Phi) is 11.5. The first-order chi connectivity index (χ1) is 23.2. The molecule has 10 nitrogen and oxygen atoms in total. The number of nitrogens with one attached hydrogen (secondary N) is 2. The van der Waals surface area contributed by atoms with E-state index in [0.29, 0.717) is 63.2 Å². The van der Waals surface area contributed by atoms with Crippen molar-refractivity contribution in [2.75, 3.05) is 52.9 Å². The molecule has 48 heavy (non-hydrogen) atoms. The van der Waals surface area contributed by atoms with E-state index in [1.807, 2.05) is 47.1 Å². The predicted molar refractivity (Wildman–Crippen MR) is 186 cm³/mol. The van der Waals surface area contributed by atoms with Gasteiger partial charge >= 0.3 is 0 Å². The van der Waals surface area contributed by atoms with E-state index in [0.717, 1.165) is 73.0 Å². The lowest BCUT2D eigenvalue weighted by molar-refractivity contribution is -0.135. The molecule has 5 aliphatic heterocycles. The van der Waals surface area contributed by atoms with Gasteiger partial charge in [-0.05, 0) is 81.9 Å². The van der Waals surface area contributed by atoms with Crippen LogP contribution < -0.4 is 10.6 Å². The molecule has 11 heteroatoms. The van der Waals surface area contributed by atoms with Crippen molar-refractivity contribution in [1.29, 1.82) is 0 Å². The Bertz CT molecular complexity index is 1440. The van der Waals surface area contributed by atoms with E-state index in [9.17, 15) is 19.2 Å². The number of likely N-dealkylation sites (tertiary alicyclic amines) is 1. The van der Waals surface area contributed by atoms with Crippen molar-refractivity contribution in [3.05, 3.63) is 51.5 Å². The monoisotopic (exact) mass is 676 g/mol. The van der Waals surface area contributed by atoms with Crippen LogP contribution in [-0.2, 0) is 32.1 Å². The van der Waals surface area contributed by atoms with Gasteiger partial charge in [0.15, 0.2) is 0 Å². The fourth-order valence-electron chi connectivity index (χ4n) is 8.25. The minimum absolute atomic E-state index is 0.0116. The molecule has 4 atom stereocenters. The van der Waals surface area contributed by atoms with Crippen molar-refractivity contribution in [2.24, 2.45) is 23.7 Å². The fourth-order valence-corrected chi connectivity index (χ4v) is 9.36. The second-order valence-electron chi connectivity index (χ2n) is 14.6. The lowest BCUT2D eigenvalue weighted by Crippen LogP contribution is -2.47. The maximum absolute atomic E-state index is 13.7. The van der Waals surface area contributed by atoms with Gasteiger partial charge in [0.05, 0.1) is 17.1 Å². The van der Waals surface area contributed by atoms with Gasteiger partial charge in [0.25, 0.3) is 0 Å². The van der Waals surface area contributed by atoms with Crippen LogP contribution in [0.5, 0.6) is 0 Å². The first-order valence-electron chi connectivity index (χ1n) is 18.0. The highest BCUT2D eigenvalue weighted by atomic mass is 32.1. The van der Waals surface area contributed by atoms with Crippen LogP contribution in [0.2, 0.25) is 0 Å². The number of fused-ring (bicyclic) bond motifs is 8. The molecule has 0 spiro atoms. The summed E-state index contributed by atoms with van der Waals surface area (Å²) in [6.07, 6.45) is 5.77. The number of piperidine rings is 3. The van der Waals surface area contributed by atoms with Crippen molar-refractivity contribution in [2.45, 2.75) is 77.2 Å². The zero-order valence-electron chi connectivity index (χ0n) is 28.6. The van der Waals surface area contributed by atoms with E-state index in [-0.39, 0.29) is 48.3 Å². The standard InChI is InChI=1S/C37H52N6O4S/c1-25-32-21-36(47)43-17-12-28(18-34(45)39-22-26-6-4-3-5-7-26)31(24-43)19-33(44)38-13-8-30-23-41(2)14-9-29(30)20-35(46)42-15-10-27(11-16-42)37(40-32)48-25/h3-7,27-31H,8-24H2,1-2H3,(H,38,44)(H,39,45)/t28-,29-,30-,31-/m0/s1. The van der Waals surface area contributed by atoms with Gasteiger partial charge in [0, 0.05) is 75.9 Å². The van der Waals surface area contributed by atoms with E-state index in [1.54, 1.807) is 11.3 Å². The third-order valence-corrected chi connectivity index (χ3v) is 12.4. The van der Waals surface area contributed by atoms with Gasteiger partial charge in [-0.15, -0.1) is 11.3 Å². The smallest absolute Gasteiger partial charge is 0.228 e. The molecule has 0 saturated carbocycles. The maximum atomic E-state index is 13.7. The number of carbonyl (C=O) groups excluding carboxylic acids is 4. The van der Waals surface area contributed by atoms with Gasteiger partial charge in [0.2, 0.25) is 23.6 Å². The summed E-state index contributed by atoms with van der Waals surface area (Å²) in [5.41, 5.74) is 1.89. The first kappa shape index (κ1) is 34.5. The molecule has 2 N–H and O–H groups in total. The van der Waals surface area contributed by atoms with Gasteiger partial charge in [0.1, 0.15) is 0 Å². The molecule has 1 aromatic heterocycles. The molecule has 3 saturated heterocycles. The van der Waals surface area contributed by atoms with Crippen LogP contribution in [0.1, 0.15) is 78.4 Å². The number of thiazole rings is 1. The highest BCUT2D eigenvalue weighted by Crippen LogP contribution is 2.35. The summed E-state index contributed by atoms with van der Waals surface area (Å²) in [5.74, 6) is 1.12. The van der Waals surface area contributed by atoms with E-state index in [2.05, 4.69) is 22.6 Å². The van der Waals surface area contributed by atoms with E-state index >= 15 is 0 Å². The average Bonchev–Trinajstić information content (AvgIpc) is 3.45. The van der Waals surface area contributed by atoms with Gasteiger partial charge in [-0.1, -0.05) is 30.3 Å². The quantitative estimate of drug-likeness (QED) is 0.510. The summed E-state index contributed by atoms with van der Waals surface area (Å²) in [4.78, 5) is 66.0. The van der Waals surface area contributed by atoms with E-state index < -0.39 is 0 Å². The first-order valence-corrected chi connectivity index (χ1v) is 18.8. The summed E-state index contributed by atoms with van der Waals surface area (Å²) < 4.78 is 0. The molecular weight excluding hydrogens is 625 g/mol. The number of hydrogen-bond acceptors (Lipinski definition) is 7. The van der Waals surface area contributed by atoms with Crippen LogP contribution in [-0.4, -0.2) is 96.2 Å². The van der Waals surface area contributed by atoms with E-state index in [1.165, 1.54) is 0 Å². The van der Waals surface area contributed by atoms with Gasteiger partial charge < -0.3 is 25.3 Å². The van der Waals surface area contributed by atoms with Gasteiger partial charge in [-0.2, -0.15) is 0 Å². The topological polar surface area (TPSA) is 115 Å². The molecule has 260 valence electrons. The van der Waals surface area contributed by atoms with Gasteiger partial charge in [-0.25, -0.2) is 4.98 Å². The van der Waals surface area contributed by atoms with Crippen LogP contribution in [0.15, 0.2) is 30.3 Å². The number of aryl methyl sites for hydroxylation is 1. The van der Waals surface area contributed by atoms with Crippen molar-refractivity contribution < 1.29 is 19.2 Å². The minimum Gasteiger partial charge on any atom is -0.356 e. The molecule has 0 unspecified atom stereocenters. The Labute approximate surface area is 289 Å². The number of carbonyl (C=O) groups is 4. The molecule has 6 bridgehead atoms. The highest BCUT2D eigenvalue weighted by Gasteiger charge is 2.36. The zero-order chi connectivity index (χ0) is 33.6. The van der Waals surface area contributed by atoms with Crippen LogP contribution in [0, 0.1) is 30.6 Å². The van der Waals surface area contributed by atoms with Crippen molar-refractivity contribution in [3.8, 4) is 0 Å². The highest BCUT2D eigenvalue weighted by molar-refractivity contribution is 7.11. The molecule has 7 rings (SSSR count). The average molecular weight is 677 g/mol. The van der Waals surface area contributed by atoms with Crippen molar-refractivity contribution >= 4 is 35.0 Å². The Hall–Kier alpha value is -3.31. The molecule has 0 radical (unpaired) electrons. The Morgan fingerprint density at radius 2 is 1.67 bits per heavy atom. The Morgan fingerprint density at radius 1 is 0.896 bits per heavy atom. The summed E-state index contributed by atoms with van der Waals surface area (Å²) in [6.45, 7) is 7.56. The summed E-state index contributed by atoms with van der Waals surface area (Å²) >= 11 is 1.69. The Balaban J connectivity index is 1.17. The maximum Gasteiger partial charge on any atom is 0.228 e. The summed E-state index contributed by atoms with van der Waals surface area (Å²) in [5, 5.41) is 7.31. The van der Waals surface area contributed by atoms with Crippen LogP contribution in [0.3, 0.4) is 0 Å². The third kappa shape index (κ3) is 8.83. The van der Waals surface area contributed by atoms with Crippen LogP contribution >= 0.6 is 11.3 Å². The lowest BCUT2D eigenvalue weighted by atomic mass is 9.80. The number of rotatable bonds is 4. The molecule has 2 aromatic rings. The number of aromatic nitrogens is 1. The van der Waals surface area contributed by atoms with E-state index in [4.69, 9.17) is 4.98 Å². The van der Waals surface area contributed by atoms with Crippen LogP contribution in [0.25, 0.3) is 0 Å². The molecule has 1 aromatic carbocycles. The second-order valence-corrected chi connectivity index (χ2v) is 15.9. The zero-order valence-corrected chi connectivity index (χ0v) is 29.4. The number of amides is 4. The minimum atomic E-state index is -0.109. The SMILES string of the molecule is Cc1sc2nc1CC(=O)N1CC[C@@H](CC(=O)NCc3ccccc3)[C@@H](CC(=O)NCC[C@H]3CN(C)CC[C@H]3CC(=O)N3CCC2CC3)C1. The molecule has 0 aliphatic carbocycles. The number of benzene rings is 1. The lowest BCUT2D eigenvalue weighted by Gasteiger charge is -2.39. The van der Waals surface area contributed by atoms with Crippen molar-refractivity contribution in [3.63, 3.8) is 0 Å². The van der Waals surface area contributed by atoms with Gasteiger partial charge in [-0.3, -0.25) is 19.2 Å². The largest absolute Gasteiger partial charge is 0.356 e. The second kappa shape index (κ2) is 15.9. The molecule has 5 aliphatic rings. The predicted octanol–water partition coefficient (Wildman–Crippen LogP) is 3.74. The number of hydrogen-bond donors (Lipinski definition) is 2. The normalized spacial score (nSPS) is 28.0. The third-order valence-electron chi connectivity index (χ3n) is 11.3. The molecular formula is C37H52N6O4S. The number of nitrogens with zero attached hydrogens (tertiary/aromatic N) is 4.